The number of hydrogen-bond acceptors (Lipinski definition) is 7. The number of carbonyl (C=O) groups is 1. The number of benzene rings is 1. The molecule has 13 heteroatoms. The van der Waals surface area contributed by atoms with E-state index in [2.05, 4.69) is 10.5 Å². The van der Waals surface area contributed by atoms with E-state index in [1.54, 1.807) is 26.0 Å². The lowest BCUT2D eigenvalue weighted by Gasteiger charge is -2.15. The second-order valence-electron chi connectivity index (χ2n) is 6.48. The number of aromatic nitrogens is 1. The first kappa shape index (κ1) is 25.8. The first-order chi connectivity index (χ1) is 14.0. The molecule has 170 valence electrons. The molecule has 1 aromatic carbocycles. The van der Waals surface area contributed by atoms with Gasteiger partial charge in [-0.3, -0.25) is 9.59 Å². The zero-order valence-corrected chi connectivity index (χ0v) is 18.6. The van der Waals surface area contributed by atoms with Crippen LogP contribution in [0.4, 0.5) is 5.69 Å². The van der Waals surface area contributed by atoms with Crippen LogP contribution in [-0.4, -0.2) is 38.0 Å². The minimum absolute atomic E-state index is 0. The van der Waals surface area contributed by atoms with E-state index in [0.717, 1.165) is 4.57 Å². The molecule has 2 rings (SSSR count). The van der Waals surface area contributed by atoms with Crippen LogP contribution >= 0.6 is 12.4 Å². The molecule has 0 aliphatic rings. The summed E-state index contributed by atoms with van der Waals surface area (Å²) in [5.74, 6) is -0.787. The maximum Gasteiger partial charge on any atom is 0.272 e. The molecule has 0 atom stereocenters. The number of amides is 1. The van der Waals surface area contributed by atoms with Crippen LogP contribution in [0.1, 0.15) is 11.3 Å². The van der Waals surface area contributed by atoms with E-state index < -0.39 is 32.7 Å². The number of nitrogens with two attached hydrogens (primary N) is 3. The normalized spacial score (nSPS) is 10.6. The molecule has 31 heavy (non-hydrogen) atoms. The Labute approximate surface area is 185 Å². The van der Waals surface area contributed by atoms with Gasteiger partial charge in [-0.1, -0.05) is 12.1 Å². The van der Waals surface area contributed by atoms with Crippen LogP contribution in [0.25, 0.3) is 0 Å². The van der Waals surface area contributed by atoms with Crippen molar-refractivity contribution in [3.05, 3.63) is 51.9 Å². The summed E-state index contributed by atoms with van der Waals surface area (Å²) in [6.45, 7) is 2.97. The van der Waals surface area contributed by atoms with Gasteiger partial charge in [-0.2, -0.15) is 0 Å². The number of aryl methyl sites for hydroxylation is 2. The average molecular weight is 473 g/mol. The van der Waals surface area contributed by atoms with Crippen LogP contribution < -0.4 is 28.1 Å². The highest BCUT2D eigenvalue weighted by atomic mass is 35.5. The maximum atomic E-state index is 13.0. The van der Waals surface area contributed by atoms with Gasteiger partial charge in [-0.15, -0.1) is 12.4 Å². The molecule has 0 aliphatic carbocycles. The molecule has 0 saturated heterocycles. The van der Waals surface area contributed by atoms with E-state index in [-0.39, 0.29) is 42.1 Å². The van der Waals surface area contributed by atoms with E-state index in [0.29, 0.717) is 11.3 Å². The van der Waals surface area contributed by atoms with Crippen molar-refractivity contribution in [3.8, 4) is 0 Å². The van der Waals surface area contributed by atoms with Crippen molar-refractivity contribution in [2.45, 2.75) is 30.2 Å². The second kappa shape index (κ2) is 10.7. The van der Waals surface area contributed by atoms with Gasteiger partial charge >= 0.3 is 0 Å². The van der Waals surface area contributed by atoms with Crippen LogP contribution in [0.15, 0.2) is 50.1 Å². The van der Waals surface area contributed by atoms with Gasteiger partial charge in [0.25, 0.3) is 5.56 Å². The minimum atomic E-state index is -4.18. The van der Waals surface area contributed by atoms with Crippen molar-refractivity contribution in [1.82, 2.24) is 9.88 Å². The molecule has 0 fully saturated rings. The molecule has 1 amide bonds. The van der Waals surface area contributed by atoms with Gasteiger partial charge in [0.2, 0.25) is 21.7 Å². The number of nitrogens with one attached hydrogen (secondary N) is 1. The van der Waals surface area contributed by atoms with E-state index in [1.807, 2.05) is 0 Å². The Hall–Kier alpha value is -3.25. The molecule has 0 spiro atoms. The van der Waals surface area contributed by atoms with Gasteiger partial charge in [-0.25, -0.2) is 8.42 Å². The fourth-order valence-electron chi connectivity index (χ4n) is 2.70. The molecule has 2 aromatic rings. The summed E-state index contributed by atoms with van der Waals surface area (Å²) in [7, 11) is -4.18. The van der Waals surface area contributed by atoms with Gasteiger partial charge in [0.05, 0.1) is 17.1 Å². The van der Waals surface area contributed by atoms with E-state index in [1.165, 1.54) is 18.2 Å². The van der Waals surface area contributed by atoms with Crippen molar-refractivity contribution >= 4 is 39.8 Å². The summed E-state index contributed by atoms with van der Waals surface area (Å²) in [6, 6.07) is 7.48. The lowest BCUT2D eigenvalue weighted by molar-refractivity contribution is -0.122. The predicted octanol–water partition coefficient (Wildman–Crippen LogP) is -0.377. The smallest absolute Gasteiger partial charge is 0.272 e. The number of carbonyl (C=O) groups excluding carboxylic acids is 1. The summed E-state index contributed by atoms with van der Waals surface area (Å²) >= 11 is 0. The van der Waals surface area contributed by atoms with Crippen molar-refractivity contribution in [2.24, 2.45) is 16.6 Å². The van der Waals surface area contributed by atoms with Gasteiger partial charge in [-0.05, 0) is 42.8 Å². The third-order valence-electron chi connectivity index (χ3n) is 4.05. The zero-order valence-electron chi connectivity index (χ0n) is 17.0. The van der Waals surface area contributed by atoms with E-state index >= 15 is 0 Å². The number of guanidine groups is 1. The largest absolute Gasteiger partial charge is 0.397 e. The molecule has 0 unspecified atom stereocenters. The highest BCUT2D eigenvalue weighted by molar-refractivity contribution is 7.91. The lowest BCUT2D eigenvalue weighted by Crippen LogP contribution is -2.37. The number of nitrogen functional groups attached to an aromatic ring is 1. The number of rotatable bonds is 8. The topological polar surface area (TPSA) is 185 Å². The summed E-state index contributed by atoms with van der Waals surface area (Å²) in [6.07, 6.45) is 0. The molecule has 7 N–H and O–H groups in total. The highest BCUT2D eigenvalue weighted by Crippen LogP contribution is 2.24. The van der Waals surface area contributed by atoms with Crippen molar-refractivity contribution < 1.29 is 18.0 Å². The van der Waals surface area contributed by atoms with Gasteiger partial charge in [0, 0.05) is 5.69 Å². The van der Waals surface area contributed by atoms with Gasteiger partial charge < -0.3 is 31.9 Å². The lowest BCUT2D eigenvalue weighted by atomic mass is 10.2. The van der Waals surface area contributed by atoms with Gasteiger partial charge in [0.1, 0.15) is 13.2 Å². The standard InChI is InChI=1S/C18H24N6O5S.ClH/c1-11-4-3-5-13(8-11)30(27,28)16-14(19)9-12(2)24(17(16)26)10-15(25)22-6-7-29-23-18(20)21;/h3-5,8-9H,6-7,10,19H2,1-2H3,(H,22,25)(H4,20,21,23);1H. The quantitative estimate of drug-likeness (QED) is 0.173. The fourth-order valence-corrected chi connectivity index (χ4v) is 4.24. The molecular weight excluding hydrogens is 448 g/mol. The maximum absolute atomic E-state index is 13.0. The van der Waals surface area contributed by atoms with E-state index in [4.69, 9.17) is 22.0 Å². The average Bonchev–Trinajstić information content (AvgIpc) is 2.64. The Morgan fingerprint density at radius 1 is 1.23 bits per heavy atom. The van der Waals surface area contributed by atoms with Crippen molar-refractivity contribution in [1.29, 1.82) is 0 Å². The molecule has 0 aliphatic heterocycles. The third kappa shape index (κ3) is 6.36. The van der Waals surface area contributed by atoms with E-state index in [9.17, 15) is 18.0 Å². The Morgan fingerprint density at radius 2 is 1.90 bits per heavy atom. The molecule has 0 radical (unpaired) electrons. The Morgan fingerprint density at radius 3 is 2.52 bits per heavy atom. The summed E-state index contributed by atoms with van der Waals surface area (Å²) in [5, 5.41) is 5.82. The second-order valence-corrected chi connectivity index (χ2v) is 8.37. The minimum Gasteiger partial charge on any atom is -0.397 e. The third-order valence-corrected chi connectivity index (χ3v) is 5.87. The SMILES string of the molecule is Cc1cccc(S(=O)(=O)c2c(N)cc(C)n(CC(=O)NCCON=C(N)N)c2=O)c1.Cl. The molecule has 1 aromatic heterocycles. The number of sulfone groups is 1. The molecular formula is C18H25ClN6O5S. The number of halogens is 1. The number of nitrogens with zero attached hydrogens (tertiary/aromatic N) is 2. The summed E-state index contributed by atoms with van der Waals surface area (Å²) < 4.78 is 27.1. The predicted molar refractivity (Wildman–Crippen MR) is 119 cm³/mol. The highest BCUT2D eigenvalue weighted by Gasteiger charge is 2.27. The molecule has 1 heterocycles. The number of oxime groups is 1. The molecule has 11 nitrogen and oxygen atoms in total. The fraction of sp³-hybridized carbons (Fsp3) is 0.278. The Bertz CT molecular complexity index is 1140. The van der Waals surface area contributed by atoms with Gasteiger partial charge in [0.15, 0.2) is 4.90 Å². The first-order valence-corrected chi connectivity index (χ1v) is 10.3. The Kier molecular flexibility index (Phi) is 8.88. The summed E-state index contributed by atoms with van der Waals surface area (Å²) in [4.78, 5) is 29.3. The van der Waals surface area contributed by atoms with Crippen molar-refractivity contribution in [2.75, 3.05) is 18.9 Å². The first-order valence-electron chi connectivity index (χ1n) is 8.83. The number of pyridine rings is 1. The van der Waals surface area contributed by atoms with Crippen LogP contribution in [0.2, 0.25) is 0 Å². The number of hydrogen-bond donors (Lipinski definition) is 4. The van der Waals surface area contributed by atoms with Crippen LogP contribution in [-0.2, 0) is 26.0 Å². The van der Waals surface area contributed by atoms with Crippen LogP contribution in [0.3, 0.4) is 0 Å². The monoisotopic (exact) mass is 472 g/mol. The van der Waals surface area contributed by atoms with Crippen molar-refractivity contribution in [3.63, 3.8) is 0 Å². The van der Waals surface area contributed by atoms with Crippen LogP contribution in [0.5, 0.6) is 0 Å². The summed E-state index contributed by atoms with van der Waals surface area (Å²) in [5.41, 5.74) is 16.1. The molecule has 0 bridgehead atoms. The zero-order chi connectivity index (χ0) is 22.5. The molecule has 0 saturated carbocycles. The van der Waals surface area contributed by atoms with Crippen LogP contribution in [0, 0.1) is 13.8 Å². The number of anilines is 1. The Balaban J connectivity index is 0.00000480.